The van der Waals surface area contributed by atoms with Crippen LogP contribution in [-0.4, -0.2) is 33.4 Å². The molecular formula is C17H21FN4O4S. The quantitative estimate of drug-likeness (QED) is 0.693. The van der Waals surface area contributed by atoms with Gasteiger partial charge in [-0.25, -0.2) is 9.18 Å². The standard InChI is InChI=1S/C17H21FN4O4S/c1-9(2)19-16(24)20-14(23)11(4)27-17-22-21-15(26-17)10(3)25-13-7-5-12(18)6-8-13/h5-11H,1-4H3,(H2,19,20,23,24)/t10-,11+/m0/s1. The number of aromatic nitrogens is 2. The van der Waals surface area contributed by atoms with Gasteiger partial charge in [0, 0.05) is 6.04 Å². The Labute approximate surface area is 160 Å². The predicted octanol–water partition coefficient (Wildman–Crippen LogP) is 3.06. The molecule has 0 aliphatic carbocycles. The predicted molar refractivity (Wildman–Crippen MR) is 96.9 cm³/mol. The Bertz CT molecular complexity index is 781. The first-order valence-electron chi connectivity index (χ1n) is 8.28. The summed E-state index contributed by atoms with van der Waals surface area (Å²) in [4.78, 5) is 23.6. The first-order valence-corrected chi connectivity index (χ1v) is 9.16. The van der Waals surface area contributed by atoms with Gasteiger partial charge in [0.25, 0.3) is 11.1 Å². The monoisotopic (exact) mass is 396 g/mol. The molecular weight excluding hydrogens is 375 g/mol. The zero-order valence-electron chi connectivity index (χ0n) is 15.4. The number of nitrogens with one attached hydrogen (secondary N) is 2. The smallest absolute Gasteiger partial charge is 0.321 e. The molecule has 27 heavy (non-hydrogen) atoms. The minimum Gasteiger partial charge on any atom is -0.481 e. The van der Waals surface area contributed by atoms with E-state index >= 15 is 0 Å². The minimum absolute atomic E-state index is 0.0816. The number of benzene rings is 1. The lowest BCUT2D eigenvalue weighted by molar-refractivity contribution is -0.119. The second-order valence-corrected chi connectivity index (χ2v) is 7.29. The van der Waals surface area contributed by atoms with Crippen LogP contribution in [0.15, 0.2) is 33.9 Å². The molecule has 0 radical (unpaired) electrons. The van der Waals surface area contributed by atoms with Gasteiger partial charge in [-0.2, -0.15) is 0 Å². The highest BCUT2D eigenvalue weighted by Gasteiger charge is 2.22. The van der Waals surface area contributed by atoms with Gasteiger partial charge in [0.05, 0.1) is 5.25 Å². The van der Waals surface area contributed by atoms with Crippen LogP contribution in [0.25, 0.3) is 0 Å². The Kier molecular flexibility index (Phi) is 7.17. The zero-order valence-corrected chi connectivity index (χ0v) is 16.2. The Morgan fingerprint density at radius 3 is 2.44 bits per heavy atom. The molecule has 0 unspecified atom stereocenters. The van der Waals surface area contributed by atoms with Crippen LogP contribution in [0.1, 0.15) is 39.7 Å². The first kappa shape index (κ1) is 20.7. The van der Waals surface area contributed by atoms with Gasteiger partial charge in [0.1, 0.15) is 11.6 Å². The van der Waals surface area contributed by atoms with Gasteiger partial charge in [-0.1, -0.05) is 11.8 Å². The molecule has 0 aliphatic heterocycles. The summed E-state index contributed by atoms with van der Waals surface area (Å²) in [7, 11) is 0. The molecule has 8 nitrogen and oxygen atoms in total. The fourth-order valence-electron chi connectivity index (χ4n) is 1.92. The van der Waals surface area contributed by atoms with E-state index in [4.69, 9.17) is 9.15 Å². The van der Waals surface area contributed by atoms with E-state index in [1.807, 2.05) is 0 Å². The van der Waals surface area contributed by atoms with Crippen LogP contribution in [0, 0.1) is 5.82 Å². The first-order chi connectivity index (χ1) is 12.7. The summed E-state index contributed by atoms with van der Waals surface area (Å²) in [5.41, 5.74) is 0. The third kappa shape index (κ3) is 6.55. The summed E-state index contributed by atoms with van der Waals surface area (Å²) in [6.45, 7) is 6.90. The molecule has 2 N–H and O–H groups in total. The molecule has 0 spiro atoms. The number of imide groups is 1. The van der Waals surface area contributed by atoms with Crippen LogP contribution in [-0.2, 0) is 4.79 Å². The lowest BCUT2D eigenvalue weighted by Gasteiger charge is -2.12. The number of halogens is 1. The van der Waals surface area contributed by atoms with Gasteiger partial charge in [-0.05, 0) is 52.0 Å². The van der Waals surface area contributed by atoms with Crippen LogP contribution in [0.5, 0.6) is 5.75 Å². The largest absolute Gasteiger partial charge is 0.481 e. The molecule has 2 rings (SSSR count). The average Bonchev–Trinajstić information content (AvgIpc) is 3.04. The highest BCUT2D eigenvalue weighted by molar-refractivity contribution is 8.00. The van der Waals surface area contributed by atoms with E-state index in [1.165, 1.54) is 24.3 Å². The van der Waals surface area contributed by atoms with Crippen molar-refractivity contribution in [1.29, 1.82) is 0 Å². The molecule has 0 fully saturated rings. The number of ether oxygens (including phenoxy) is 1. The molecule has 1 aromatic carbocycles. The number of hydrogen-bond acceptors (Lipinski definition) is 7. The second kappa shape index (κ2) is 9.36. The van der Waals surface area contributed by atoms with Crippen molar-refractivity contribution in [3.8, 4) is 5.75 Å². The van der Waals surface area contributed by atoms with Crippen LogP contribution >= 0.6 is 11.8 Å². The lowest BCUT2D eigenvalue weighted by atomic mass is 10.3. The highest BCUT2D eigenvalue weighted by Crippen LogP contribution is 2.26. The fourth-order valence-corrected chi connectivity index (χ4v) is 2.61. The number of urea groups is 1. The van der Waals surface area contributed by atoms with Crippen molar-refractivity contribution < 1.29 is 23.1 Å². The Morgan fingerprint density at radius 2 is 1.81 bits per heavy atom. The van der Waals surface area contributed by atoms with Crippen LogP contribution in [0.3, 0.4) is 0 Å². The number of hydrogen-bond donors (Lipinski definition) is 2. The molecule has 2 atom stereocenters. The van der Waals surface area contributed by atoms with Crippen molar-refractivity contribution in [2.24, 2.45) is 0 Å². The number of amides is 3. The lowest BCUT2D eigenvalue weighted by Crippen LogP contribution is -2.45. The van der Waals surface area contributed by atoms with E-state index < -0.39 is 23.3 Å². The van der Waals surface area contributed by atoms with Crippen molar-refractivity contribution in [1.82, 2.24) is 20.8 Å². The van der Waals surface area contributed by atoms with Gasteiger partial charge in [-0.15, -0.1) is 10.2 Å². The van der Waals surface area contributed by atoms with Crippen molar-refractivity contribution >= 4 is 23.7 Å². The number of thioether (sulfide) groups is 1. The van der Waals surface area contributed by atoms with E-state index in [0.29, 0.717) is 5.75 Å². The Balaban J connectivity index is 1.89. The van der Waals surface area contributed by atoms with E-state index in [0.717, 1.165) is 11.8 Å². The third-order valence-corrected chi connectivity index (χ3v) is 4.13. The third-order valence-electron chi connectivity index (χ3n) is 3.20. The topological polar surface area (TPSA) is 106 Å². The number of carbonyl (C=O) groups excluding carboxylic acids is 2. The molecule has 1 heterocycles. The summed E-state index contributed by atoms with van der Waals surface area (Å²) in [5, 5.41) is 12.1. The van der Waals surface area contributed by atoms with Gasteiger partial charge in [0.2, 0.25) is 5.91 Å². The minimum atomic E-state index is -0.621. The Hall–Kier alpha value is -2.62. The fraction of sp³-hybridized carbons (Fsp3) is 0.412. The van der Waals surface area contributed by atoms with E-state index in [-0.39, 0.29) is 23.0 Å². The summed E-state index contributed by atoms with van der Waals surface area (Å²) in [5.74, 6) is -0.165. The Morgan fingerprint density at radius 1 is 1.15 bits per heavy atom. The van der Waals surface area contributed by atoms with Gasteiger partial charge >= 0.3 is 6.03 Å². The van der Waals surface area contributed by atoms with Crippen molar-refractivity contribution in [2.75, 3.05) is 0 Å². The molecule has 0 aliphatic rings. The SMILES string of the molecule is CC(C)NC(=O)NC(=O)[C@@H](C)Sc1nnc([C@H](C)Oc2ccc(F)cc2)o1. The van der Waals surface area contributed by atoms with E-state index in [1.54, 1.807) is 27.7 Å². The van der Waals surface area contributed by atoms with E-state index in [9.17, 15) is 14.0 Å². The zero-order chi connectivity index (χ0) is 20.0. The average molecular weight is 396 g/mol. The van der Waals surface area contributed by atoms with Crippen molar-refractivity contribution in [2.45, 2.75) is 50.3 Å². The molecule has 2 aromatic rings. The molecule has 0 saturated carbocycles. The maximum atomic E-state index is 12.9. The highest BCUT2D eigenvalue weighted by atomic mass is 32.2. The molecule has 3 amide bonds. The summed E-state index contributed by atoms with van der Waals surface area (Å²) in [6, 6.07) is 4.91. The molecule has 0 saturated heterocycles. The van der Waals surface area contributed by atoms with Gasteiger partial charge in [0.15, 0.2) is 6.10 Å². The van der Waals surface area contributed by atoms with Crippen molar-refractivity contribution in [3.05, 3.63) is 36.0 Å². The molecule has 10 heteroatoms. The van der Waals surface area contributed by atoms with Gasteiger partial charge in [-0.3, -0.25) is 10.1 Å². The number of nitrogens with zero attached hydrogens (tertiary/aromatic N) is 2. The van der Waals surface area contributed by atoms with Crippen LogP contribution in [0.2, 0.25) is 0 Å². The van der Waals surface area contributed by atoms with Crippen molar-refractivity contribution in [3.63, 3.8) is 0 Å². The van der Waals surface area contributed by atoms with Gasteiger partial charge < -0.3 is 14.5 Å². The van der Waals surface area contributed by atoms with Crippen LogP contribution in [0.4, 0.5) is 9.18 Å². The maximum absolute atomic E-state index is 12.9. The number of carbonyl (C=O) groups is 2. The summed E-state index contributed by atoms with van der Waals surface area (Å²) < 4.78 is 24.0. The second-order valence-electron chi connectivity index (χ2n) is 6.00. The summed E-state index contributed by atoms with van der Waals surface area (Å²) >= 11 is 1.02. The summed E-state index contributed by atoms with van der Waals surface area (Å²) in [6.07, 6.45) is -0.557. The van der Waals surface area contributed by atoms with Crippen LogP contribution < -0.4 is 15.4 Å². The molecule has 146 valence electrons. The van der Waals surface area contributed by atoms with E-state index in [2.05, 4.69) is 20.8 Å². The molecule has 1 aromatic heterocycles. The number of rotatable bonds is 7. The molecule has 0 bridgehead atoms. The normalized spacial score (nSPS) is 13.1. The maximum Gasteiger partial charge on any atom is 0.321 e.